The van der Waals surface area contributed by atoms with E-state index in [0.717, 1.165) is 37.6 Å². The van der Waals surface area contributed by atoms with E-state index in [4.69, 9.17) is 0 Å². The smallest absolute Gasteiger partial charge is 0.312 e. The molecule has 2 aromatic heterocycles. The van der Waals surface area contributed by atoms with Crippen LogP contribution in [-0.2, 0) is 13.6 Å². The summed E-state index contributed by atoms with van der Waals surface area (Å²) in [6.45, 7) is 1.55. The summed E-state index contributed by atoms with van der Waals surface area (Å²) < 4.78 is 3.31. The molecule has 0 fully saturated rings. The van der Waals surface area contributed by atoms with Crippen molar-refractivity contribution in [2.45, 2.75) is 19.4 Å². The Kier molecular flexibility index (Phi) is 3.07. The molecule has 3 aromatic rings. The highest BCUT2D eigenvalue weighted by atomic mass is 16.2. The number of anilines is 2. The number of aryl methyl sites for hydroxylation is 2. The highest BCUT2D eigenvalue weighted by Gasteiger charge is 2.24. The van der Waals surface area contributed by atoms with Crippen LogP contribution < -0.4 is 16.1 Å². The molecule has 0 saturated carbocycles. The predicted molar refractivity (Wildman–Crippen MR) is 88.3 cm³/mol. The largest absolute Gasteiger partial charge is 0.329 e. The van der Waals surface area contributed by atoms with Gasteiger partial charge in [0.25, 0.3) is 5.56 Å². The molecule has 0 bridgehead atoms. The minimum absolute atomic E-state index is 0.378. The van der Waals surface area contributed by atoms with Gasteiger partial charge < -0.3 is 9.47 Å². The lowest BCUT2D eigenvalue weighted by Gasteiger charge is -2.21. The SMILES string of the molecule is Cn1c(=O)[nH]c(=O)c2c1nc1n2CCCCN1c1ccccc1. The average molecular weight is 311 g/mol. The number of benzene rings is 1. The summed E-state index contributed by atoms with van der Waals surface area (Å²) in [7, 11) is 1.63. The summed E-state index contributed by atoms with van der Waals surface area (Å²) in [5.41, 5.74) is 1.10. The van der Waals surface area contributed by atoms with Gasteiger partial charge in [0.2, 0.25) is 5.95 Å². The maximum Gasteiger partial charge on any atom is 0.329 e. The molecule has 0 saturated heterocycles. The summed E-state index contributed by atoms with van der Waals surface area (Å²) in [5.74, 6) is 0.718. The number of aromatic amines is 1. The number of para-hydroxylation sites is 1. The molecular weight excluding hydrogens is 294 g/mol. The fraction of sp³-hybridized carbons (Fsp3) is 0.312. The van der Waals surface area contributed by atoms with Gasteiger partial charge in [-0.05, 0) is 25.0 Å². The lowest BCUT2D eigenvalue weighted by Crippen LogP contribution is -2.29. The number of rotatable bonds is 1. The van der Waals surface area contributed by atoms with Gasteiger partial charge in [-0.15, -0.1) is 0 Å². The van der Waals surface area contributed by atoms with Crippen LogP contribution in [0.5, 0.6) is 0 Å². The summed E-state index contributed by atoms with van der Waals surface area (Å²) in [5, 5.41) is 0. The van der Waals surface area contributed by atoms with E-state index in [1.807, 2.05) is 34.9 Å². The fourth-order valence-corrected chi connectivity index (χ4v) is 3.13. The highest BCUT2D eigenvalue weighted by molar-refractivity contribution is 5.76. The second-order valence-electron chi connectivity index (χ2n) is 5.75. The zero-order valence-corrected chi connectivity index (χ0v) is 12.8. The van der Waals surface area contributed by atoms with Crippen LogP contribution in [0, 0.1) is 0 Å². The molecule has 0 amide bonds. The van der Waals surface area contributed by atoms with Crippen molar-refractivity contribution in [2.75, 3.05) is 11.4 Å². The van der Waals surface area contributed by atoms with Crippen molar-refractivity contribution in [2.24, 2.45) is 7.05 Å². The van der Waals surface area contributed by atoms with E-state index in [-0.39, 0.29) is 5.56 Å². The number of imidazole rings is 1. The van der Waals surface area contributed by atoms with E-state index in [9.17, 15) is 9.59 Å². The Bertz CT molecular complexity index is 983. The lowest BCUT2D eigenvalue weighted by atomic mass is 10.2. The number of nitrogens with one attached hydrogen (secondary N) is 1. The van der Waals surface area contributed by atoms with Gasteiger partial charge >= 0.3 is 5.69 Å². The van der Waals surface area contributed by atoms with Gasteiger partial charge in [-0.1, -0.05) is 18.2 Å². The summed E-state index contributed by atoms with van der Waals surface area (Å²) in [6.07, 6.45) is 1.98. The van der Waals surface area contributed by atoms with E-state index in [0.29, 0.717) is 11.2 Å². The molecule has 0 unspecified atom stereocenters. The highest BCUT2D eigenvalue weighted by Crippen LogP contribution is 2.29. The first-order valence-electron chi connectivity index (χ1n) is 7.69. The Hall–Kier alpha value is -2.83. The Balaban J connectivity index is 2.03. The van der Waals surface area contributed by atoms with Crippen LogP contribution in [0.25, 0.3) is 11.2 Å². The standard InChI is InChI=1S/C16H17N5O2/c1-19-13-12(14(22)18-16(19)23)21-10-6-5-9-20(15(21)17-13)11-7-3-2-4-8-11/h2-4,7-8H,5-6,9-10H2,1H3,(H,18,22,23). The van der Waals surface area contributed by atoms with Crippen LogP contribution in [0.4, 0.5) is 11.6 Å². The zero-order valence-electron chi connectivity index (χ0n) is 12.8. The Morgan fingerprint density at radius 2 is 1.83 bits per heavy atom. The molecule has 3 heterocycles. The van der Waals surface area contributed by atoms with E-state index >= 15 is 0 Å². The maximum atomic E-state index is 12.3. The minimum Gasteiger partial charge on any atom is -0.312 e. The Morgan fingerprint density at radius 3 is 2.61 bits per heavy atom. The molecule has 4 rings (SSSR count). The Morgan fingerprint density at radius 1 is 1.09 bits per heavy atom. The summed E-state index contributed by atoms with van der Waals surface area (Å²) >= 11 is 0. The molecule has 1 aliphatic rings. The third kappa shape index (κ3) is 2.08. The van der Waals surface area contributed by atoms with Gasteiger partial charge in [-0.3, -0.25) is 14.3 Å². The van der Waals surface area contributed by atoms with Crippen molar-refractivity contribution in [3.8, 4) is 0 Å². The number of fused-ring (bicyclic) bond motifs is 3. The minimum atomic E-state index is -0.443. The van der Waals surface area contributed by atoms with Crippen LogP contribution in [0.2, 0.25) is 0 Å². The van der Waals surface area contributed by atoms with Crippen LogP contribution in [0.15, 0.2) is 39.9 Å². The number of aromatic nitrogens is 4. The third-order valence-electron chi connectivity index (χ3n) is 4.31. The van der Waals surface area contributed by atoms with Gasteiger partial charge in [0, 0.05) is 25.8 Å². The van der Waals surface area contributed by atoms with Crippen LogP contribution in [0.3, 0.4) is 0 Å². The normalized spacial score (nSPS) is 14.7. The van der Waals surface area contributed by atoms with E-state index in [1.165, 1.54) is 4.57 Å². The van der Waals surface area contributed by atoms with Gasteiger partial charge in [0.15, 0.2) is 11.2 Å². The quantitative estimate of drug-likeness (QED) is 0.736. The Labute approximate surface area is 131 Å². The van der Waals surface area contributed by atoms with Crippen molar-refractivity contribution in [3.05, 3.63) is 51.2 Å². The van der Waals surface area contributed by atoms with Crippen molar-refractivity contribution in [3.63, 3.8) is 0 Å². The first-order chi connectivity index (χ1) is 11.2. The lowest BCUT2D eigenvalue weighted by molar-refractivity contribution is 0.665. The molecular formula is C16H17N5O2. The van der Waals surface area contributed by atoms with Crippen molar-refractivity contribution in [1.29, 1.82) is 0 Å². The van der Waals surface area contributed by atoms with Gasteiger partial charge in [0.05, 0.1) is 0 Å². The summed E-state index contributed by atoms with van der Waals surface area (Å²) in [6, 6.07) is 9.99. The first-order valence-corrected chi connectivity index (χ1v) is 7.69. The van der Waals surface area contributed by atoms with Gasteiger partial charge in [0.1, 0.15) is 0 Å². The molecule has 1 aliphatic heterocycles. The molecule has 118 valence electrons. The van der Waals surface area contributed by atoms with Gasteiger partial charge in [-0.2, -0.15) is 4.98 Å². The van der Waals surface area contributed by atoms with E-state index < -0.39 is 5.69 Å². The number of hydrogen-bond donors (Lipinski definition) is 1. The number of nitrogens with zero attached hydrogens (tertiary/aromatic N) is 4. The van der Waals surface area contributed by atoms with Crippen molar-refractivity contribution < 1.29 is 0 Å². The molecule has 0 atom stereocenters. The van der Waals surface area contributed by atoms with Crippen molar-refractivity contribution in [1.82, 2.24) is 19.1 Å². The number of H-pyrrole nitrogens is 1. The van der Waals surface area contributed by atoms with Crippen molar-refractivity contribution >= 4 is 22.8 Å². The topological polar surface area (TPSA) is 75.9 Å². The van der Waals surface area contributed by atoms with Crippen LogP contribution >= 0.6 is 0 Å². The monoisotopic (exact) mass is 311 g/mol. The molecule has 1 N–H and O–H groups in total. The van der Waals surface area contributed by atoms with E-state index in [2.05, 4.69) is 14.9 Å². The molecule has 0 radical (unpaired) electrons. The average Bonchev–Trinajstić information content (AvgIpc) is 2.82. The third-order valence-corrected chi connectivity index (χ3v) is 4.31. The second-order valence-corrected chi connectivity index (χ2v) is 5.75. The van der Waals surface area contributed by atoms with Gasteiger partial charge in [-0.25, -0.2) is 4.79 Å². The maximum absolute atomic E-state index is 12.3. The molecule has 0 spiro atoms. The molecule has 1 aromatic carbocycles. The first kappa shape index (κ1) is 13.8. The zero-order chi connectivity index (χ0) is 16.0. The summed E-state index contributed by atoms with van der Waals surface area (Å²) in [4.78, 5) is 33.2. The fourth-order valence-electron chi connectivity index (χ4n) is 3.13. The molecule has 7 nitrogen and oxygen atoms in total. The molecule has 7 heteroatoms. The molecule has 0 aliphatic carbocycles. The van der Waals surface area contributed by atoms with E-state index in [1.54, 1.807) is 7.05 Å². The second kappa shape index (κ2) is 5.12. The number of hydrogen-bond acceptors (Lipinski definition) is 4. The van der Waals surface area contributed by atoms with Crippen LogP contribution in [-0.4, -0.2) is 25.6 Å². The van der Waals surface area contributed by atoms with Crippen LogP contribution in [0.1, 0.15) is 12.8 Å². The molecule has 23 heavy (non-hydrogen) atoms. The predicted octanol–water partition coefficient (Wildman–Crippen LogP) is 1.36.